The molecule has 0 aliphatic heterocycles. The Morgan fingerprint density at radius 2 is 1.74 bits per heavy atom. The van der Waals surface area contributed by atoms with Gasteiger partial charge in [0.1, 0.15) is 0 Å². The van der Waals surface area contributed by atoms with E-state index >= 15 is 0 Å². The molecule has 0 unspecified atom stereocenters. The molecule has 0 spiro atoms. The molecule has 1 heterocycles. The lowest BCUT2D eigenvalue weighted by Crippen LogP contribution is -2.32. The molecular weight excluding hydrogens is 338 g/mol. The third-order valence-electron chi connectivity index (χ3n) is 4.71. The molecule has 5 nitrogen and oxygen atoms in total. The molecule has 0 fully saturated rings. The van der Waals surface area contributed by atoms with E-state index in [1.54, 1.807) is 0 Å². The Labute approximate surface area is 162 Å². The van der Waals surface area contributed by atoms with Gasteiger partial charge in [0.25, 0.3) is 0 Å². The first-order valence-electron chi connectivity index (χ1n) is 10.2. The van der Waals surface area contributed by atoms with Crippen LogP contribution in [0.4, 0.5) is 0 Å². The smallest absolute Gasteiger partial charge is 0.222 e. The zero-order valence-electron chi connectivity index (χ0n) is 16.7. The highest BCUT2D eigenvalue weighted by molar-refractivity contribution is 5.80. The van der Waals surface area contributed by atoms with E-state index in [2.05, 4.69) is 48.1 Å². The monoisotopic (exact) mass is 371 g/mol. The average Bonchev–Trinajstić information content (AvgIpc) is 3.08. The minimum atomic E-state index is 0.0395. The molecule has 1 N–H and O–H groups in total. The van der Waals surface area contributed by atoms with Crippen molar-refractivity contribution in [3.63, 3.8) is 0 Å². The Morgan fingerprint density at radius 1 is 1.00 bits per heavy atom. The average molecular weight is 372 g/mol. The molecule has 2 rings (SSSR count). The number of fused-ring (bicyclic) bond motifs is 1. The second-order valence-corrected chi connectivity index (χ2v) is 7.01. The molecule has 0 atom stereocenters. The van der Waals surface area contributed by atoms with Crippen LogP contribution >= 0.6 is 0 Å². The summed E-state index contributed by atoms with van der Waals surface area (Å²) in [6, 6.07) is 10.4. The van der Waals surface area contributed by atoms with Crippen LogP contribution in [0.5, 0.6) is 0 Å². The first-order valence-corrected chi connectivity index (χ1v) is 10.2. The maximum absolute atomic E-state index is 12.2. The first-order chi connectivity index (χ1) is 13.2. The van der Waals surface area contributed by atoms with Crippen molar-refractivity contribution in [2.24, 2.45) is 0 Å². The van der Waals surface area contributed by atoms with E-state index in [0.717, 1.165) is 38.9 Å². The van der Waals surface area contributed by atoms with Crippen molar-refractivity contribution >= 4 is 22.7 Å². The molecule has 148 valence electrons. The molecule has 0 radical (unpaired) electrons. The summed E-state index contributed by atoms with van der Waals surface area (Å²) in [5.74, 6) is 0.212. The maximum atomic E-state index is 12.2. The Balaban J connectivity index is 1.61. The van der Waals surface area contributed by atoms with Gasteiger partial charge in [0.05, 0.1) is 0 Å². The molecule has 0 aliphatic carbocycles. The van der Waals surface area contributed by atoms with E-state index in [-0.39, 0.29) is 11.8 Å². The molecule has 0 saturated carbocycles. The largest absolute Gasteiger partial charge is 0.356 e. The van der Waals surface area contributed by atoms with Gasteiger partial charge >= 0.3 is 0 Å². The fourth-order valence-corrected chi connectivity index (χ4v) is 3.36. The first kappa shape index (κ1) is 21.0. The van der Waals surface area contributed by atoms with Gasteiger partial charge in [-0.25, -0.2) is 0 Å². The van der Waals surface area contributed by atoms with Gasteiger partial charge in [-0.3, -0.25) is 9.59 Å². The molecule has 0 saturated heterocycles. The number of nitrogens with zero attached hydrogens (tertiary/aromatic N) is 2. The van der Waals surface area contributed by atoms with Crippen LogP contribution in [-0.2, 0) is 16.1 Å². The predicted octanol–water partition coefficient (Wildman–Crippen LogP) is 3.97. The molecule has 5 heteroatoms. The summed E-state index contributed by atoms with van der Waals surface area (Å²) in [6.45, 7) is 7.34. The summed E-state index contributed by atoms with van der Waals surface area (Å²) in [6.07, 6.45) is 6.44. The molecule has 0 aliphatic rings. The molecule has 0 bridgehead atoms. The quantitative estimate of drug-likeness (QED) is 0.574. The van der Waals surface area contributed by atoms with Gasteiger partial charge in [0.2, 0.25) is 11.8 Å². The third kappa shape index (κ3) is 6.74. The van der Waals surface area contributed by atoms with Crippen LogP contribution in [0.1, 0.15) is 52.4 Å². The minimum Gasteiger partial charge on any atom is -0.356 e. The molecule has 27 heavy (non-hydrogen) atoms. The number of rotatable bonds is 12. The van der Waals surface area contributed by atoms with Gasteiger partial charge in [-0.15, -0.1) is 0 Å². The Morgan fingerprint density at radius 3 is 2.48 bits per heavy atom. The van der Waals surface area contributed by atoms with Gasteiger partial charge in [0, 0.05) is 50.7 Å². The molecule has 2 amide bonds. The fraction of sp³-hybridized carbons (Fsp3) is 0.545. The van der Waals surface area contributed by atoms with E-state index < -0.39 is 0 Å². The van der Waals surface area contributed by atoms with Crippen molar-refractivity contribution in [1.29, 1.82) is 0 Å². The normalized spacial score (nSPS) is 10.9. The van der Waals surface area contributed by atoms with Gasteiger partial charge in [-0.05, 0) is 43.2 Å². The van der Waals surface area contributed by atoms with Crippen molar-refractivity contribution in [2.75, 3.05) is 19.6 Å². The third-order valence-corrected chi connectivity index (χ3v) is 4.71. The number of carbonyl (C=O) groups is 2. The summed E-state index contributed by atoms with van der Waals surface area (Å²) in [4.78, 5) is 26.1. The second-order valence-electron chi connectivity index (χ2n) is 7.01. The number of aryl methyl sites for hydroxylation is 1. The van der Waals surface area contributed by atoms with Gasteiger partial charge < -0.3 is 14.8 Å². The van der Waals surface area contributed by atoms with E-state index in [1.807, 2.05) is 17.0 Å². The Kier molecular flexibility index (Phi) is 8.89. The standard InChI is InChI=1S/C22H33N3O2/c1-3-15-25(16-4-2)22(27)12-7-11-21(26)23-14-8-17-24-18-13-19-9-5-6-10-20(19)24/h5-6,9-10,13,18H,3-4,7-8,11-12,14-17H2,1-2H3,(H,23,26). The van der Waals surface area contributed by atoms with Crippen LogP contribution in [-0.4, -0.2) is 40.9 Å². The van der Waals surface area contributed by atoms with Gasteiger partial charge in [-0.1, -0.05) is 32.0 Å². The lowest BCUT2D eigenvalue weighted by atomic mass is 10.2. The number of nitrogens with one attached hydrogen (secondary N) is 1. The lowest BCUT2D eigenvalue weighted by Gasteiger charge is -2.21. The highest BCUT2D eigenvalue weighted by atomic mass is 16.2. The van der Waals surface area contributed by atoms with Crippen LogP contribution in [0.3, 0.4) is 0 Å². The highest BCUT2D eigenvalue weighted by Crippen LogP contribution is 2.15. The van der Waals surface area contributed by atoms with Crippen LogP contribution in [0.2, 0.25) is 0 Å². The number of hydrogen-bond acceptors (Lipinski definition) is 2. The zero-order chi connectivity index (χ0) is 19.5. The Bertz CT molecular complexity index is 717. The number of aromatic nitrogens is 1. The van der Waals surface area contributed by atoms with Crippen molar-refractivity contribution in [2.45, 2.75) is 58.9 Å². The summed E-state index contributed by atoms with van der Waals surface area (Å²) in [5.41, 5.74) is 1.23. The summed E-state index contributed by atoms with van der Waals surface area (Å²) in [5, 5.41) is 4.21. The topological polar surface area (TPSA) is 54.3 Å². The van der Waals surface area contributed by atoms with E-state index in [9.17, 15) is 9.59 Å². The zero-order valence-corrected chi connectivity index (χ0v) is 16.7. The molecule has 1 aromatic carbocycles. The van der Waals surface area contributed by atoms with Crippen LogP contribution in [0.25, 0.3) is 10.9 Å². The van der Waals surface area contributed by atoms with Gasteiger partial charge in [0.15, 0.2) is 0 Å². The number of para-hydroxylation sites is 1. The SMILES string of the molecule is CCCN(CCC)C(=O)CCCC(=O)NCCCn1ccc2ccccc21. The molecule has 1 aromatic heterocycles. The van der Waals surface area contributed by atoms with Crippen LogP contribution in [0.15, 0.2) is 36.5 Å². The maximum Gasteiger partial charge on any atom is 0.222 e. The van der Waals surface area contributed by atoms with Crippen LogP contribution < -0.4 is 5.32 Å². The lowest BCUT2D eigenvalue weighted by molar-refractivity contribution is -0.131. The van der Waals surface area contributed by atoms with Gasteiger partial charge in [-0.2, -0.15) is 0 Å². The number of hydrogen-bond donors (Lipinski definition) is 1. The summed E-state index contributed by atoms with van der Waals surface area (Å²) in [7, 11) is 0. The van der Waals surface area contributed by atoms with E-state index in [1.165, 1.54) is 10.9 Å². The van der Waals surface area contributed by atoms with Crippen molar-refractivity contribution in [1.82, 2.24) is 14.8 Å². The Hall–Kier alpha value is -2.30. The number of benzene rings is 1. The van der Waals surface area contributed by atoms with Crippen molar-refractivity contribution < 1.29 is 9.59 Å². The fourth-order valence-electron chi connectivity index (χ4n) is 3.36. The summed E-state index contributed by atoms with van der Waals surface area (Å²) < 4.78 is 2.22. The van der Waals surface area contributed by atoms with Crippen molar-refractivity contribution in [3.8, 4) is 0 Å². The van der Waals surface area contributed by atoms with E-state index in [4.69, 9.17) is 0 Å². The molecule has 2 aromatic rings. The number of amides is 2. The second kappa shape index (κ2) is 11.4. The van der Waals surface area contributed by atoms with Crippen molar-refractivity contribution in [3.05, 3.63) is 36.5 Å². The van der Waals surface area contributed by atoms with Crippen LogP contribution in [0, 0.1) is 0 Å². The highest BCUT2D eigenvalue weighted by Gasteiger charge is 2.12. The number of carbonyl (C=O) groups excluding carboxylic acids is 2. The minimum absolute atomic E-state index is 0.0395. The van der Waals surface area contributed by atoms with E-state index in [0.29, 0.717) is 25.8 Å². The molecular formula is C22H33N3O2. The predicted molar refractivity (Wildman–Crippen MR) is 111 cm³/mol. The summed E-state index contributed by atoms with van der Waals surface area (Å²) >= 11 is 0.